The average Bonchev–Trinajstić information content (AvgIpc) is 3.46. The predicted molar refractivity (Wildman–Crippen MR) is 115 cm³/mol. The van der Waals surface area contributed by atoms with Crippen LogP contribution < -0.4 is 28.9 Å². The van der Waals surface area contributed by atoms with E-state index in [2.05, 4.69) is 27.2 Å². The Balaban J connectivity index is 0.000000757. The van der Waals surface area contributed by atoms with Gasteiger partial charge in [-0.3, -0.25) is 9.82 Å². The third-order valence-electron chi connectivity index (χ3n) is 5.14. The maximum Gasteiger partial charge on any atom is 1.00 e. The van der Waals surface area contributed by atoms with Crippen LogP contribution in [0.2, 0.25) is 0 Å². The number of rotatable bonds is 6. The molecule has 1 aromatic heterocycles. The summed E-state index contributed by atoms with van der Waals surface area (Å²) in [6, 6.07) is 5.74. The van der Waals surface area contributed by atoms with Crippen LogP contribution in [-0.2, 0) is 11.3 Å². The summed E-state index contributed by atoms with van der Waals surface area (Å²) < 4.78 is 17.7. The molecule has 158 valence electrons. The quantitative estimate of drug-likeness (QED) is 0.284. The predicted octanol–water partition coefficient (Wildman–Crippen LogP) is 1.48. The molecule has 2 aliphatic rings. The van der Waals surface area contributed by atoms with Gasteiger partial charge in [0.05, 0.1) is 5.69 Å². The normalized spacial score (nSPS) is 19.3. The van der Waals surface area contributed by atoms with E-state index >= 15 is 0 Å². The first-order valence-electron chi connectivity index (χ1n) is 9.82. The van der Waals surface area contributed by atoms with Crippen LogP contribution in [-0.4, -0.2) is 34.1 Å². The summed E-state index contributed by atoms with van der Waals surface area (Å²) in [6.07, 6.45) is 6.73. The Morgan fingerprint density at radius 2 is 2.20 bits per heavy atom. The van der Waals surface area contributed by atoms with Crippen molar-refractivity contribution in [3.8, 4) is 0 Å². The molecule has 0 radical (unpaired) electrons. The third-order valence-corrected chi connectivity index (χ3v) is 6.03. The molecule has 2 heterocycles. The number of aromatic amines is 1. The number of nitrogens with zero attached hydrogens (tertiary/aromatic N) is 2. The number of benzene rings is 1. The first-order valence-corrected chi connectivity index (χ1v) is 10.6. The fourth-order valence-electron chi connectivity index (χ4n) is 3.72. The molecule has 9 heteroatoms. The largest absolute Gasteiger partial charge is 1.00 e. The summed E-state index contributed by atoms with van der Waals surface area (Å²) in [5.74, 6) is 0.658. The molecule has 1 amide bonds. The zero-order chi connectivity index (χ0) is 20.8. The molecule has 6 nitrogen and oxygen atoms in total. The number of fused-ring (bicyclic) bond motifs is 1. The minimum Gasteiger partial charge on any atom is -0.540 e. The van der Waals surface area contributed by atoms with Crippen molar-refractivity contribution >= 4 is 29.9 Å². The van der Waals surface area contributed by atoms with Crippen molar-refractivity contribution < 1.29 is 28.0 Å². The van der Waals surface area contributed by atoms with Gasteiger partial charge in [-0.25, -0.2) is 4.39 Å². The van der Waals surface area contributed by atoms with E-state index in [0.717, 1.165) is 29.9 Å². The molecule has 2 aromatic rings. The van der Waals surface area contributed by atoms with E-state index in [1.54, 1.807) is 11.0 Å². The van der Waals surface area contributed by atoms with Gasteiger partial charge < -0.3 is 28.4 Å². The average molecular weight is 423 g/mol. The molecule has 1 aromatic carbocycles. The number of amides is 1. The molecule has 1 saturated carbocycles. The molecule has 1 aliphatic heterocycles. The van der Waals surface area contributed by atoms with Crippen LogP contribution in [0.5, 0.6) is 0 Å². The van der Waals surface area contributed by atoms with Gasteiger partial charge >= 0.3 is 18.9 Å². The second kappa shape index (κ2) is 11.8. The Kier molecular flexibility index (Phi) is 9.76. The van der Waals surface area contributed by atoms with Gasteiger partial charge in [-0.05, 0) is 49.4 Å². The first kappa shape index (κ1) is 24.8. The molecule has 30 heavy (non-hydrogen) atoms. The SMILES string of the molecule is C[CH-]C.[CH2-]CN([C-]=O)C1CCC(c2cc(Nc3ccc4c(c3F)CNS4)n[nH]2)C1.[Li+]. The van der Waals surface area contributed by atoms with Crippen molar-refractivity contribution in [3.05, 3.63) is 48.6 Å². The monoisotopic (exact) mass is 423 g/mol. The topological polar surface area (TPSA) is 73.1 Å². The number of aromatic nitrogens is 2. The van der Waals surface area contributed by atoms with Crippen LogP contribution in [0.25, 0.3) is 0 Å². The van der Waals surface area contributed by atoms with Crippen molar-refractivity contribution in [1.29, 1.82) is 0 Å². The standard InChI is InChI=1S/C18H20FN5OS.C3H7.Li/c1-2-24(10-25)12-4-3-11(7-12)15-8-17(23-22-15)21-14-5-6-16-13(18(14)19)9-20-26-16;1-3-2;/h5-6,8,11-12,20H,1-4,7,9H2,(H2,21,22,23);3H,1-2H3;/q-2;-1;+1. The molecule has 0 bridgehead atoms. The maximum atomic E-state index is 14.6. The number of carbonyl (C=O) groups excluding carboxylic acids is 1. The maximum absolute atomic E-state index is 14.6. The van der Waals surface area contributed by atoms with Crippen molar-refractivity contribution in [2.24, 2.45) is 0 Å². The number of H-pyrrole nitrogens is 1. The molecular weight excluding hydrogens is 396 g/mol. The fraction of sp³-hybridized carbons (Fsp3) is 0.429. The number of halogens is 1. The van der Waals surface area contributed by atoms with Gasteiger partial charge in [0.2, 0.25) is 0 Å². The van der Waals surface area contributed by atoms with Crippen molar-refractivity contribution in [3.63, 3.8) is 0 Å². The molecule has 4 rings (SSSR count). The number of nitrogens with one attached hydrogen (secondary N) is 3. The summed E-state index contributed by atoms with van der Waals surface area (Å²) in [5.41, 5.74) is 2.12. The van der Waals surface area contributed by atoms with Crippen LogP contribution in [0.15, 0.2) is 23.1 Å². The Labute approximate surface area is 194 Å². The summed E-state index contributed by atoms with van der Waals surface area (Å²) in [7, 11) is 0. The van der Waals surface area contributed by atoms with Crippen molar-refractivity contribution in [2.75, 3.05) is 11.9 Å². The van der Waals surface area contributed by atoms with Crippen LogP contribution in [0, 0.1) is 19.2 Å². The van der Waals surface area contributed by atoms with E-state index in [9.17, 15) is 9.18 Å². The summed E-state index contributed by atoms with van der Waals surface area (Å²) in [6.45, 7) is 8.73. The Hall–Kier alpha value is -1.46. The van der Waals surface area contributed by atoms with E-state index in [0.29, 0.717) is 36.1 Å². The molecule has 2 atom stereocenters. The van der Waals surface area contributed by atoms with E-state index in [1.807, 2.05) is 38.8 Å². The Bertz CT molecular complexity index is 834. The second-order valence-corrected chi connectivity index (χ2v) is 8.12. The van der Waals surface area contributed by atoms with Gasteiger partial charge in [-0.1, -0.05) is 0 Å². The zero-order valence-electron chi connectivity index (χ0n) is 17.8. The number of hydrogen-bond donors (Lipinski definition) is 3. The fourth-order valence-corrected chi connectivity index (χ4v) is 4.51. The first-order chi connectivity index (χ1) is 14.1. The van der Waals surface area contributed by atoms with Gasteiger partial charge in [0.25, 0.3) is 0 Å². The summed E-state index contributed by atoms with van der Waals surface area (Å²) in [4.78, 5) is 13.5. The van der Waals surface area contributed by atoms with Crippen molar-refractivity contribution in [2.45, 2.75) is 56.5 Å². The van der Waals surface area contributed by atoms with Crippen LogP contribution in [0.3, 0.4) is 0 Å². The van der Waals surface area contributed by atoms with Gasteiger partial charge in [0.1, 0.15) is 0 Å². The van der Waals surface area contributed by atoms with Crippen LogP contribution >= 0.6 is 11.9 Å². The molecular formula is C21H27FLiN5OS-2. The zero-order valence-corrected chi connectivity index (χ0v) is 18.6. The third kappa shape index (κ3) is 5.61. The molecule has 3 N–H and O–H groups in total. The van der Waals surface area contributed by atoms with Crippen molar-refractivity contribution in [1.82, 2.24) is 19.8 Å². The van der Waals surface area contributed by atoms with E-state index in [-0.39, 0.29) is 30.7 Å². The van der Waals surface area contributed by atoms with E-state index in [4.69, 9.17) is 0 Å². The molecule has 1 aliphatic carbocycles. The van der Waals surface area contributed by atoms with Crippen LogP contribution in [0.1, 0.15) is 50.3 Å². The Morgan fingerprint density at radius 3 is 2.90 bits per heavy atom. The van der Waals surface area contributed by atoms with Gasteiger partial charge in [0.15, 0.2) is 11.6 Å². The number of hydrogen-bond acceptors (Lipinski definition) is 5. The van der Waals surface area contributed by atoms with Gasteiger partial charge in [0, 0.05) is 34.7 Å². The molecule has 1 fully saturated rings. The smallest absolute Gasteiger partial charge is 0.540 e. The van der Waals surface area contributed by atoms with Crippen LogP contribution in [0.4, 0.5) is 15.9 Å². The summed E-state index contributed by atoms with van der Waals surface area (Å²) in [5, 5.41) is 10.4. The molecule has 0 spiro atoms. The van der Waals surface area contributed by atoms with E-state index in [1.165, 1.54) is 11.9 Å². The Morgan fingerprint density at radius 1 is 1.43 bits per heavy atom. The molecule has 2 unspecified atom stereocenters. The van der Waals surface area contributed by atoms with Gasteiger partial charge in [-0.15, -0.1) is 6.54 Å². The second-order valence-electron chi connectivity index (χ2n) is 7.19. The minimum absolute atomic E-state index is 0. The number of anilines is 2. The van der Waals surface area contributed by atoms with E-state index < -0.39 is 0 Å². The summed E-state index contributed by atoms with van der Waals surface area (Å²) >= 11 is 1.45. The van der Waals surface area contributed by atoms with Gasteiger partial charge in [-0.2, -0.15) is 25.4 Å². The minimum atomic E-state index is -0.238. The molecule has 0 saturated heterocycles.